The molecule has 0 aliphatic heterocycles. The van der Waals surface area contributed by atoms with Gasteiger partial charge in [-0.15, -0.1) is 0 Å². The molecule has 2 amide bonds. The second-order valence-corrected chi connectivity index (χ2v) is 5.72. The normalized spacial score (nSPS) is 9.97. The van der Waals surface area contributed by atoms with Crippen LogP contribution in [-0.4, -0.2) is 43.6 Å². The monoisotopic (exact) mass is 405 g/mol. The minimum absolute atomic E-state index is 0.0134. The summed E-state index contributed by atoms with van der Waals surface area (Å²) in [7, 11) is 1.56. The molecule has 29 heavy (non-hydrogen) atoms. The molecule has 1 aromatic rings. The molecule has 0 saturated carbocycles. The van der Waals surface area contributed by atoms with Gasteiger partial charge in [-0.3, -0.25) is 9.59 Å². The molecule has 1 aromatic carbocycles. The van der Waals surface area contributed by atoms with Crippen LogP contribution < -0.4 is 16.0 Å². The summed E-state index contributed by atoms with van der Waals surface area (Å²) < 4.78 is 0. The molecule has 0 bridgehead atoms. The van der Waals surface area contributed by atoms with Crippen LogP contribution in [0.5, 0.6) is 5.75 Å². The molecule has 0 unspecified atom stereocenters. The Hall–Kier alpha value is -2.60. The number of rotatable bonds is 10. The van der Waals surface area contributed by atoms with Crippen molar-refractivity contribution in [2.45, 2.75) is 47.0 Å². The standard InChI is InChI=1S/C11H21N3O2.C10H12O.C2H6/c1-3-13-8-4-7-11(16)14-9-5-6-10(15)12-2;1-2-3-4-9-5-7-10(11)8-6-9;1-2/h5-6,13H,3-4,7-9H2,1-2H3,(H,12,15)(H,14,16);2-3,5-8,11H,4H2,1H3;1-2H3/b6-5-;3-2+;. The number of amides is 2. The number of likely N-dealkylation sites (N-methyl/N-ethyl adjacent to an activating group) is 1. The number of aromatic hydroxyl groups is 1. The SMILES string of the molecule is C/C=C/Cc1ccc(O)cc1.CC.CCNCCCC(=O)NC/C=C\C(=O)NC. The van der Waals surface area contributed by atoms with Gasteiger partial charge in [-0.05, 0) is 50.6 Å². The fraction of sp³-hybridized carbons (Fsp3) is 0.478. The molecule has 4 N–H and O–H groups in total. The highest BCUT2D eigenvalue weighted by molar-refractivity contribution is 5.87. The van der Waals surface area contributed by atoms with E-state index in [1.807, 2.05) is 45.9 Å². The molecule has 0 aromatic heterocycles. The molecule has 164 valence electrons. The third kappa shape index (κ3) is 20.0. The largest absolute Gasteiger partial charge is 0.508 e. The van der Waals surface area contributed by atoms with Gasteiger partial charge in [0, 0.05) is 26.1 Å². The fourth-order valence-electron chi connectivity index (χ4n) is 1.95. The number of benzene rings is 1. The van der Waals surface area contributed by atoms with Gasteiger partial charge in [0.2, 0.25) is 11.8 Å². The number of nitrogens with one attached hydrogen (secondary N) is 3. The summed E-state index contributed by atoms with van der Waals surface area (Å²) >= 11 is 0. The van der Waals surface area contributed by atoms with Crippen molar-refractivity contribution >= 4 is 11.8 Å². The molecule has 1 rings (SSSR count). The lowest BCUT2D eigenvalue weighted by atomic mass is 10.1. The number of hydrogen-bond donors (Lipinski definition) is 4. The Labute approximate surface area is 176 Å². The van der Waals surface area contributed by atoms with E-state index in [0.29, 0.717) is 18.7 Å². The highest BCUT2D eigenvalue weighted by atomic mass is 16.3. The smallest absolute Gasteiger partial charge is 0.243 e. The van der Waals surface area contributed by atoms with E-state index in [4.69, 9.17) is 5.11 Å². The highest BCUT2D eigenvalue weighted by Crippen LogP contribution is 2.09. The van der Waals surface area contributed by atoms with Gasteiger partial charge < -0.3 is 21.1 Å². The predicted molar refractivity (Wildman–Crippen MR) is 122 cm³/mol. The molecule has 0 radical (unpaired) electrons. The molecular weight excluding hydrogens is 366 g/mol. The summed E-state index contributed by atoms with van der Waals surface area (Å²) in [5.41, 5.74) is 1.22. The van der Waals surface area contributed by atoms with E-state index < -0.39 is 0 Å². The summed E-state index contributed by atoms with van der Waals surface area (Å²) in [6, 6.07) is 7.27. The number of hydrogen-bond acceptors (Lipinski definition) is 4. The summed E-state index contributed by atoms with van der Waals surface area (Å²) in [6.07, 6.45) is 9.43. The lowest BCUT2D eigenvalue weighted by molar-refractivity contribution is -0.121. The zero-order valence-electron chi connectivity index (χ0n) is 18.6. The van der Waals surface area contributed by atoms with Crippen molar-refractivity contribution in [2.24, 2.45) is 0 Å². The van der Waals surface area contributed by atoms with E-state index >= 15 is 0 Å². The number of carbonyl (C=O) groups excluding carboxylic acids is 2. The average Bonchev–Trinajstić information content (AvgIpc) is 2.75. The Morgan fingerprint density at radius 1 is 1.10 bits per heavy atom. The zero-order valence-corrected chi connectivity index (χ0v) is 18.6. The summed E-state index contributed by atoms with van der Waals surface area (Å²) in [6.45, 7) is 10.2. The van der Waals surface area contributed by atoms with Crippen molar-refractivity contribution in [3.05, 3.63) is 54.1 Å². The van der Waals surface area contributed by atoms with Crippen molar-refractivity contribution in [1.29, 1.82) is 0 Å². The number of allylic oxidation sites excluding steroid dienone is 2. The molecule has 6 heteroatoms. The van der Waals surface area contributed by atoms with Gasteiger partial charge in [0.05, 0.1) is 0 Å². The minimum atomic E-state index is -0.165. The van der Waals surface area contributed by atoms with Crippen LogP contribution in [0.25, 0.3) is 0 Å². The van der Waals surface area contributed by atoms with Gasteiger partial charge in [0.15, 0.2) is 0 Å². The van der Waals surface area contributed by atoms with Crippen LogP contribution in [0, 0.1) is 0 Å². The first-order chi connectivity index (χ1) is 14.0. The first-order valence-electron chi connectivity index (χ1n) is 10.3. The molecule has 0 heterocycles. The first-order valence-corrected chi connectivity index (χ1v) is 10.3. The molecule has 0 spiro atoms. The number of phenols is 1. The van der Waals surface area contributed by atoms with Crippen molar-refractivity contribution in [1.82, 2.24) is 16.0 Å². The van der Waals surface area contributed by atoms with Crippen LogP contribution in [-0.2, 0) is 16.0 Å². The van der Waals surface area contributed by atoms with E-state index in [1.165, 1.54) is 11.6 Å². The van der Waals surface area contributed by atoms with Crippen molar-refractivity contribution in [3.63, 3.8) is 0 Å². The maximum absolute atomic E-state index is 11.2. The van der Waals surface area contributed by atoms with E-state index in [2.05, 4.69) is 22.0 Å². The predicted octanol–water partition coefficient (Wildman–Crippen LogP) is 3.33. The lowest BCUT2D eigenvalue weighted by Gasteiger charge is -2.02. The van der Waals surface area contributed by atoms with Gasteiger partial charge in [0.1, 0.15) is 5.75 Å². The van der Waals surface area contributed by atoms with Gasteiger partial charge in [-0.25, -0.2) is 0 Å². The van der Waals surface area contributed by atoms with Gasteiger partial charge in [0.25, 0.3) is 0 Å². The lowest BCUT2D eigenvalue weighted by Crippen LogP contribution is -2.25. The molecule has 0 fully saturated rings. The maximum atomic E-state index is 11.2. The van der Waals surface area contributed by atoms with E-state index in [1.54, 1.807) is 25.3 Å². The summed E-state index contributed by atoms with van der Waals surface area (Å²) in [5, 5.41) is 17.3. The molecule has 0 aliphatic rings. The van der Waals surface area contributed by atoms with Crippen LogP contribution in [0.15, 0.2) is 48.6 Å². The van der Waals surface area contributed by atoms with Crippen LogP contribution in [0.3, 0.4) is 0 Å². The Kier molecular flexibility index (Phi) is 21.4. The average molecular weight is 406 g/mol. The summed E-state index contributed by atoms with van der Waals surface area (Å²) in [4.78, 5) is 22.0. The van der Waals surface area contributed by atoms with E-state index in [9.17, 15) is 9.59 Å². The molecule has 0 aliphatic carbocycles. The topological polar surface area (TPSA) is 90.5 Å². The van der Waals surface area contributed by atoms with Gasteiger partial charge >= 0.3 is 0 Å². The van der Waals surface area contributed by atoms with Gasteiger partial charge in [-0.1, -0.05) is 51.1 Å². The molecule has 6 nitrogen and oxygen atoms in total. The Balaban J connectivity index is 0. The first kappa shape index (κ1) is 28.6. The van der Waals surface area contributed by atoms with Crippen LogP contribution in [0.2, 0.25) is 0 Å². The maximum Gasteiger partial charge on any atom is 0.243 e. The van der Waals surface area contributed by atoms with Crippen molar-refractivity contribution in [3.8, 4) is 5.75 Å². The highest BCUT2D eigenvalue weighted by Gasteiger charge is 1.98. The second kappa shape index (κ2) is 21.7. The van der Waals surface area contributed by atoms with E-state index in [0.717, 1.165) is 25.9 Å². The third-order valence-corrected chi connectivity index (χ3v) is 3.47. The quantitative estimate of drug-likeness (QED) is 0.273. The number of carbonyl (C=O) groups is 2. The minimum Gasteiger partial charge on any atom is -0.508 e. The van der Waals surface area contributed by atoms with Crippen molar-refractivity contribution < 1.29 is 14.7 Å². The Bertz CT molecular complexity index is 582. The zero-order chi connectivity index (χ0) is 22.3. The molecule has 0 atom stereocenters. The van der Waals surface area contributed by atoms with Crippen LogP contribution in [0.4, 0.5) is 0 Å². The second-order valence-electron chi connectivity index (χ2n) is 5.72. The van der Waals surface area contributed by atoms with E-state index in [-0.39, 0.29) is 11.8 Å². The molecule has 0 saturated heterocycles. The number of phenolic OH excluding ortho intramolecular Hbond substituents is 1. The fourth-order valence-corrected chi connectivity index (χ4v) is 1.95. The Morgan fingerprint density at radius 2 is 1.76 bits per heavy atom. The van der Waals surface area contributed by atoms with Crippen LogP contribution >= 0.6 is 0 Å². The van der Waals surface area contributed by atoms with Crippen molar-refractivity contribution in [2.75, 3.05) is 26.7 Å². The molecular formula is C23H39N3O3. The third-order valence-electron chi connectivity index (χ3n) is 3.47. The van der Waals surface area contributed by atoms with Crippen LogP contribution in [0.1, 0.15) is 46.1 Å². The van der Waals surface area contributed by atoms with Gasteiger partial charge in [-0.2, -0.15) is 0 Å². The Morgan fingerprint density at radius 3 is 2.31 bits per heavy atom. The summed E-state index contributed by atoms with van der Waals surface area (Å²) in [5.74, 6) is 0.176.